The van der Waals surface area contributed by atoms with E-state index in [2.05, 4.69) is 0 Å². The van der Waals surface area contributed by atoms with Crippen LogP contribution in [0.25, 0.3) is 0 Å². The molecule has 0 saturated carbocycles. The molecule has 4 nitrogen and oxygen atoms in total. The van der Waals surface area contributed by atoms with Crippen LogP contribution >= 0.6 is 0 Å². The van der Waals surface area contributed by atoms with Crippen LogP contribution in [0.4, 0.5) is 0 Å². The summed E-state index contributed by atoms with van der Waals surface area (Å²) >= 11 is -0.306. The number of ether oxygens (including phenoxy) is 2. The van der Waals surface area contributed by atoms with E-state index in [1.54, 1.807) is 13.8 Å². The molecule has 0 bridgehead atoms. The van der Waals surface area contributed by atoms with Crippen molar-refractivity contribution in [3.05, 3.63) is 40.4 Å². The predicted molar refractivity (Wildman–Crippen MR) is 87.0 cm³/mol. The monoisotopic (exact) mass is 370 g/mol. The van der Waals surface area contributed by atoms with Gasteiger partial charge in [-0.3, -0.25) is 0 Å². The molecule has 0 atom stereocenters. The first kappa shape index (κ1) is 18.5. The SMILES string of the molecule is CCOC(=O)/C([Se]c1ccccc1)=C(/C(=O)OCC)C(C)C. The van der Waals surface area contributed by atoms with E-state index in [9.17, 15) is 9.59 Å². The molecule has 0 aliphatic rings. The minimum absolute atomic E-state index is 0.107. The summed E-state index contributed by atoms with van der Waals surface area (Å²) < 4.78 is 11.7. The first-order valence-corrected chi connectivity index (χ1v) is 9.03. The van der Waals surface area contributed by atoms with E-state index >= 15 is 0 Å². The molecule has 1 rings (SSSR count). The number of esters is 2. The van der Waals surface area contributed by atoms with E-state index in [1.807, 2.05) is 44.2 Å². The van der Waals surface area contributed by atoms with Crippen LogP contribution in [0.3, 0.4) is 0 Å². The predicted octanol–water partition coefficient (Wildman–Crippen LogP) is 2.05. The summed E-state index contributed by atoms with van der Waals surface area (Å²) in [4.78, 5) is 24.6. The van der Waals surface area contributed by atoms with E-state index in [4.69, 9.17) is 9.47 Å². The third-order valence-corrected chi connectivity index (χ3v) is 5.05. The van der Waals surface area contributed by atoms with E-state index in [0.717, 1.165) is 4.46 Å². The Bertz CT molecular complexity index is 535. The molecule has 0 unspecified atom stereocenters. The molecule has 0 aromatic heterocycles. The van der Waals surface area contributed by atoms with Crippen molar-refractivity contribution in [2.24, 2.45) is 5.92 Å². The molecule has 0 aliphatic carbocycles. The van der Waals surface area contributed by atoms with Gasteiger partial charge in [0.15, 0.2) is 0 Å². The van der Waals surface area contributed by atoms with Gasteiger partial charge in [-0.1, -0.05) is 0 Å². The Morgan fingerprint density at radius 3 is 2.05 bits per heavy atom. The average Bonchev–Trinajstić information content (AvgIpc) is 2.47. The molecule has 0 aliphatic heterocycles. The van der Waals surface area contributed by atoms with Crippen molar-refractivity contribution in [3.63, 3.8) is 0 Å². The zero-order valence-electron chi connectivity index (χ0n) is 13.4. The van der Waals surface area contributed by atoms with Gasteiger partial charge in [-0.15, -0.1) is 0 Å². The fourth-order valence-corrected chi connectivity index (χ4v) is 4.12. The van der Waals surface area contributed by atoms with Crippen molar-refractivity contribution in [2.75, 3.05) is 13.2 Å². The molecule has 22 heavy (non-hydrogen) atoms. The minimum atomic E-state index is -0.432. The second-order valence-electron chi connectivity index (χ2n) is 4.75. The topological polar surface area (TPSA) is 52.6 Å². The zero-order chi connectivity index (χ0) is 16.5. The summed E-state index contributed by atoms with van der Waals surface area (Å²) in [5.74, 6) is -0.967. The van der Waals surface area contributed by atoms with E-state index in [1.165, 1.54) is 0 Å². The summed E-state index contributed by atoms with van der Waals surface area (Å²) in [6, 6.07) is 9.64. The van der Waals surface area contributed by atoms with Crippen LogP contribution in [0.5, 0.6) is 0 Å². The number of rotatable bonds is 7. The molecule has 0 saturated heterocycles. The van der Waals surface area contributed by atoms with Gasteiger partial charge >= 0.3 is 138 Å². The number of carbonyl (C=O) groups is 2. The van der Waals surface area contributed by atoms with Crippen LogP contribution < -0.4 is 4.46 Å². The summed E-state index contributed by atoms with van der Waals surface area (Å²) in [6.07, 6.45) is 0. The van der Waals surface area contributed by atoms with Gasteiger partial charge in [0.25, 0.3) is 0 Å². The maximum absolute atomic E-state index is 12.3. The van der Waals surface area contributed by atoms with Crippen molar-refractivity contribution in [2.45, 2.75) is 27.7 Å². The van der Waals surface area contributed by atoms with E-state index < -0.39 is 11.9 Å². The van der Waals surface area contributed by atoms with Gasteiger partial charge in [0.2, 0.25) is 0 Å². The zero-order valence-corrected chi connectivity index (χ0v) is 15.1. The third kappa shape index (κ3) is 5.32. The molecule has 0 heterocycles. The first-order valence-electron chi connectivity index (χ1n) is 7.32. The Balaban J connectivity index is 3.27. The van der Waals surface area contributed by atoms with Crippen LogP contribution in [-0.4, -0.2) is 40.1 Å². The van der Waals surface area contributed by atoms with Crippen molar-refractivity contribution >= 4 is 31.4 Å². The molecule has 5 heteroatoms. The van der Waals surface area contributed by atoms with Crippen LogP contribution in [0.15, 0.2) is 40.4 Å². The van der Waals surface area contributed by atoms with Crippen molar-refractivity contribution < 1.29 is 19.1 Å². The van der Waals surface area contributed by atoms with Crippen LogP contribution in [0, 0.1) is 5.92 Å². The van der Waals surface area contributed by atoms with Gasteiger partial charge in [-0.25, -0.2) is 0 Å². The molecule has 0 fully saturated rings. The first-order chi connectivity index (χ1) is 10.5. The molecule has 0 amide bonds. The molecule has 0 radical (unpaired) electrons. The molecule has 1 aromatic carbocycles. The fourth-order valence-electron chi connectivity index (χ4n) is 1.81. The Hall–Kier alpha value is -1.58. The second-order valence-corrected chi connectivity index (χ2v) is 7.03. The number of hydrogen-bond donors (Lipinski definition) is 0. The normalized spacial score (nSPS) is 11.9. The van der Waals surface area contributed by atoms with E-state index in [0.29, 0.717) is 10.0 Å². The molecular weight excluding hydrogens is 347 g/mol. The van der Waals surface area contributed by atoms with Crippen molar-refractivity contribution in [1.29, 1.82) is 0 Å². The van der Waals surface area contributed by atoms with Crippen molar-refractivity contribution in [3.8, 4) is 0 Å². The summed E-state index contributed by atoms with van der Waals surface area (Å²) in [5, 5.41) is 0. The van der Waals surface area contributed by atoms with Gasteiger partial charge in [0.1, 0.15) is 0 Å². The number of carbonyl (C=O) groups excluding carboxylic acids is 2. The summed E-state index contributed by atoms with van der Waals surface area (Å²) in [5.41, 5.74) is 0.421. The van der Waals surface area contributed by atoms with E-state index in [-0.39, 0.29) is 34.1 Å². The number of hydrogen-bond acceptors (Lipinski definition) is 4. The Kier molecular flexibility index (Phi) is 7.92. The van der Waals surface area contributed by atoms with Gasteiger partial charge < -0.3 is 0 Å². The van der Waals surface area contributed by atoms with Gasteiger partial charge in [0.05, 0.1) is 0 Å². The van der Waals surface area contributed by atoms with Gasteiger partial charge in [-0.05, 0) is 0 Å². The Labute approximate surface area is 138 Å². The summed E-state index contributed by atoms with van der Waals surface area (Å²) in [6.45, 7) is 7.83. The van der Waals surface area contributed by atoms with Crippen molar-refractivity contribution in [1.82, 2.24) is 0 Å². The Morgan fingerprint density at radius 1 is 1.00 bits per heavy atom. The second kappa shape index (κ2) is 9.44. The molecule has 0 spiro atoms. The van der Waals surface area contributed by atoms with Crippen LogP contribution in [0.2, 0.25) is 0 Å². The van der Waals surface area contributed by atoms with Gasteiger partial charge in [-0.2, -0.15) is 0 Å². The summed E-state index contributed by atoms with van der Waals surface area (Å²) in [7, 11) is 0. The molecular formula is C17H22O4Se. The third-order valence-electron chi connectivity index (χ3n) is 2.74. The standard InChI is InChI=1S/C17H22O4Se/c1-5-20-16(18)14(12(3)4)15(17(19)21-6-2)22-13-10-8-7-9-11-13/h7-12H,5-6H2,1-4H3/b15-14-. The fraction of sp³-hybridized carbons (Fsp3) is 0.412. The van der Waals surface area contributed by atoms with Gasteiger partial charge in [0, 0.05) is 0 Å². The quantitative estimate of drug-likeness (QED) is 0.419. The maximum atomic E-state index is 12.3. The van der Waals surface area contributed by atoms with Crippen LogP contribution in [-0.2, 0) is 19.1 Å². The average molecular weight is 369 g/mol. The van der Waals surface area contributed by atoms with Crippen LogP contribution in [0.1, 0.15) is 27.7 Å². The molecule has 1 aromatic rings. The Morgan fingerprint density at radius 2 is 1.55 bits per heavy atom. The molecule has 120 valence electrons. The number of benzene rings is 1. The molecule has 0 N–H and O–H groups in total.